The highest BCUT2D eigenvalue weighted by molar-refractivity contribution is 5.72. The molecule has 1 saturated carbocycles. The SMILES string of the molecule is CC1(C)C2=C(C=CCC2)C2=C1C1=C(CC2)N(C2CC(N3c4ccccc4C4C3CCC3C5=C(CCCC5)C(C)(C)C34)=C(C#N)C=C2C2C=CC(C3C=CCCC3)NC(C3CC=CCC3)N2)C2C=CC=CC12. The van der Waals surface area contributed by atoms with Crippen molar-refractivity contribution in [2.24, 2.45) is 40.4 Å². The lowest BCUT2D eigenvalue weighted by atomic mass is 9.60. The second-order valence-electron chi connectivity index (χ2n) is 25.1. The fraction of sp³-hybridized carbons (Fsp3) is 0.530. The minimum Gasteiger partial charge on any atom is -0.360 e. The van der Waals surface area contributed by atoms with Gasteiger partial charge in [0.2, 0.25) is 0 Å². The summed E-state index contributed by atoms with van der Waals surface area (Å²) in [5.41, 5.74) is 20.0. The molecule has 1 aromatic rings. The number of anilines is 1. The Labute approximate surface area is 425 Å². The first-order valence-electron chi connectivity index (χ1n) is 28.7. The highest BCUT2D eigenvalue weighted by atomic mass is 15.3. The summed E-state index contributed by atoms with van der Waals surface area (Å²) in [7, 11) is 0. The molecule has 0 bridgehead atoms. The molecule has 5 nitrogen and oxygen atoms in total. The standard InChI is InChI=1S/C66H77N5/c1-65(2)50-27-15-11-23-43(50)45-31-35-56-60(62(45)65)47-25-13-17-29-54(47)70(56)58-38-59(71-55-30-18-14-26-48(55)61-57(71)36-32-46-44-24-12-16-28-51(44)66(3,4)63(46)61)49(37-42(58)39-67)53-34-33-52(40-19-7-5-8-20-40)68-64(69-53)41-21-9-6-10-22-41/h6-7,9,12-14,17-19,24-26,29-30,33-34,37,40-41,45,48,52-53,55-56,59-60,62,64,68-69H,5,8,10-11,15-16,20-23,27-28,31-32,35-36,38H2,1-4H3. The van der Waals surface area contributed by atoms with Gasteiger partial charge in [-0.25, -0.2) is 0 Å². The van der Waals surface area contributed by atoms with Crippen LogP contribution in [-0.4, -0.2) is 41.3 Å². The third kappa shape index (κ3) is 6.74. The van der Waals surface area contributed by atoms with E-state index >= 15 is 0 Å². The first-order valence-corrected chi connectivity index (χ1v) is 28.7. The second kappa shape index (κ2) is 17.1. The number of nitrogens with one attached hydrogen (secondary N) is 2. The highest BCUT2D eigenvalue weighted by Gasteiger charge is 2.60. The Hall–Kier alpha value is -4.89. The Morgan fingerprint density at radius 3 is 2.51 bits per heavy atom. The third-order valence-corrected chi connectivity index (χ3v) is 21.2. The van der Waals surface area contributed by atoms with Gasteiger partial charge < -0.3 is 9.80 Å². The van der Waals surface area contributed by atoms with Crippen LogP contribution in [0.1, 0.15) is 148 Å². The molecular weight excluding hydrogens is 863 g/mol. The fourth-order valence-electron chi connectivity index (χ4n) is 18.3. The summed E-state index contributed by atoms with van der Waals surface area (Å²) < 4.78 is 0. The van der Waals surface area contributed by atoms with E-state index in [1.807, 2.05) is 11.1 Å². The van der Waals surface area contributed by atoms with Gasteiger partial charge in [0.15, 0.2) is 0 Å². The van der Waals surface area contributed by atoms with Crippen LogP contribution in [0.3, 0.4) is 0 Å². The summed E-state index contributed by atoms with van der Waals surface area (Å²) in [5.74, 6) is 3.03. The molecule has 3 heterocycles. The molecule has 71 heavy (non-hydrogen) atoms. The summed E-state index contributed by atoms with van der Waals surface area (Å²) in [6, 6.07) is 13.4. The van der Waals surface area contributed by atoms with Crippen LogP contribution >= 0.6 is 0 Å². The van der Waals surface area contributed by atoms with Crippen LogP contribution in [0, 0.1) is 51.8 Å². The highest BCUT2D eigenvalue weighted by Crippen LogP contribution is 2.68. The fourth-order valence-corrected chi connectivity index (χ4v) is 18.3. The molecule has 5 heteroatoms. The molecule has 0 spiro atoms. The molecular formula is C66H77N5. The monoisotopic (exact) mass is 940 g/mol. The maximum absolute atomic E-state index is 11.8. The average molecular weight is 940 g/mol. The number of hydrogen-bond donors (Lipinski definition) is 2. The molecule has 14 rings (SSSR count). The second-order valence-corrected chi connectivity index (χ2v) is 25.1. The molecule has 1 fully saturated rings. The summed E-state index contributed by atoms with van der Waals surface area (Å²) in [6.07, 6.45) is 52.3. The Morgan fingerprint density at radius 2 is 1.65 bits per heavy atom. The van der Waals surface area contributed by atoms with Crippen molar-refractivity contribution >= 4 is 5.69 Å². The number of nitrogens with zero attached hydrogens (tertiary/aromatic N) is 3. The summed E-state index contributed by atoms with van der Waals surface area (Å²) in [5, 5.41) is 20.4. The number of benzene rings is 1. The molecule has 3 aliphatic heterocycles. The van der Waals surface area contributed by atoms with Gasteiger partial charge in [-0.15, -0.1) is 0 Å². The largest absolute Gasteiger partial charge is 0.360 e. The van der Waals surface area contributed by atoms with Gasteiger partial charge in [-0.05, 0) is 177 Å². The van der Waals surface area contributed by atoms with Gasteiger partial charge in [-0.2, -0.15) is 5.26 Å². The van der Waals surface area contributed by atoms with E-state index in [1.54, 1.807) is 33.6 Å². The lowest BCUT2D eigenvalue weighted by Gasteiger charge is -2.48. The summed E-state index contributed by atoms with van der Waals surface area (Å²) in [6.45, 7) is 10.3. The molecule has 0 aromatic heterocycles. The van der Waals surface area contributed by atoms with Gasteiger partial charge in [-0.3, -0.25) is 10.6 Å². The molecule has 1 aromatic carbocycles. The van der Waals surface area contributed by atoms with E-state index in [-0.39, 0.29) is 41.2 Å². The van der Waals surface area contributed by atoms with Gasteiger partial charge in [-0.1, -0.05) is 136 Å². The average Bonchev–Trinajstić information content (AvgIpc) is 4.00. The van der Waals surface area contributed by atoms with E-state index in [0.717, 1.165) is 44.1 Å². The van der Waals surface area contributed by atoms with Gasteiger partial charge in [0.25, 0.3) is 0 Å². The molecule has 0 amide bonds. The van der Waals surface area contributed by atoms with E-state index in [1.165, 1.54) is 93.2 Å². The maximum atomic E-state index is 11.8. The smallest absolute Gasteiger partial charge is 0.101 e. The van der Waals surface area contributed by atoms with Crippen molar-refractivity contribution in [1.29, 1.82) is 5.26 Å². The van der Waals surface area contributed by atoms with Crippen LogP contribution in [-0.2, 0) is 0 Å². The van der Waals surface area contributed by atoms with Gasteiger partial charge in [0.05, 0.1) is 29.9 Å². The molecule has 0 saturated heterocycles. The Bertz CT molecular complexity index is 2870. The number of hydrogen-bond acceptors (Lipinski definition) is 5. The van der Waals surface area contributed by atoms with Crippen molar-refractivity contribution in [1.82, 2.24) is 15.5 Å². The molecule has 0 radical (unpaired) electrons. The van der Waals surface area contributed by atoms with Crippen LogP contribution in [0.2, 0.25) is 0 Å². The van der Waals surface area contributed by atoms with E-state index in [9.17, 15) is 5.26 Å². The van der Waals surface area contributed by atoms with E-state index in [2.05, 4.69) is 157 Å². The van der Waals surface area contributed by atoms with Gasteiger partial charge in [0.1, 0.15) is 6.07 Å². The van der Waals surface area contributed by atoms with Gasteiger partial charge >= 0.3 is 0 Å². The zero-order chi connectivity index (χ0) is 47.8. The predicted octanol–water partition coefficient (Wildman–Crippen LogP) is 14.4. The van der Waals surface area contributed by atoms with E-state index < -0.39 is 0 Å². The molecule has 12 unspecified atom stereocenters. The number of fused-ring (bicyclic) bond motifs is 10. The maximum Gasteiger partial charge on any atom is 0.101 e. The predicted molar refractivity (Wildman–Crippen MR) is 290 cm³/mol. The Morgan fingerprint density at radius 1 is 0.761 bits per heavy atom. The van der Waals surface area contributed by atoms with Crippen molar-refractivity contribution in [2.45, 2.75) is 179 Å². The Kier molecular flexibility index (Phi) is 10.8. The first kappa shape index (κ1) is 44.8. The van der Waals surface area contributed by atoms with Crippen LogP contribution in [0.25, 0.3) is 0 Å². The lowest BCUT2D eigenvalue weighted by molar-refractivity contribution is 0.132. The molecule has 366 valence electrons. The van der Waals surface area contributed by atoms with Crippen molar-refractivity contribution in [3.63, 3.8) is 0 Å². The van der Waals surface area contributed by atoms with Crippen molar-refractivity contribution in [3.8, 4) is 6.07 Å². The number of allylic oxidation sites excluding steroid dienone is 16. The van der Waals surface area contributed by atoms with E-state index in [0.29, 0.717) is 41.5 Å². The van der Waals surface area contributed by atoms with Gasteiger partial charge in [0, 0.05) is 52.8 Å². The van der Waals surface area contributed by atoms with Crippen LogP contribution in [0.5, 0.6) is 0 Å². The minimum absolute atomic E-state index is 0.00691. The van der Waals surface area contributed by atoms with Crippen LogP contribution in [0.15, 0.2) is 165 Å². The van der Waals surface area contributed by atoms with Crippen LogP contribution < -0.4 is 15.5 Å². The van der Waals surface area contributed by atoms with E-state index in [4.69, 9.17) is 0 Å². The quantitative estimate of drug-likeness (QED) is 0.288. The van der Waals surface area contributed by atoms with Crippen molar-refractivity contribution < 1.29 is 0 Å². The van der Waals surface area contributed by atoms with Crippen LogP contribution in [0.4, 0.5) is 5.69 Å². The third-order valence-electron chi connectivity index (χ3n) is 21.2. The zero-order valence-electron chi connectivity index (χ0n) is 43.1. The molecule has 2 N–H and O–H groups in total. The normalized spacial score (nSPS) is 38.1. The minimum atomic E-state index is -0.0109. The lowest BCUT2D eigenvalue weighted by Crippen LogP contribution is -2.56. The van der Waals surface area contributed by atoms with Crippen molar-refractivity contribution in [2.75, 3.05) is 4.90 Å². The summed E-state index contributed by atoms with van der Waals surface area (Å²) >= 11 is 0. The number of para-hydroxylation sites is 1. The summed E-state index contributed by atoms with van der Waals surface area (Å²) in [4.78, 5) is 5.77. The zero-order valence-corrected chi connectivity index (χ0v) is 43.1. The molecule has 13 aliphatic rings. The van der Waals surface area contributed by atoms with Crippen molar-refractivity contribution in [3.05, 3.63) is 170 Å². The molecule has 10 aliphatic carbocycles. The molecule has 12 atom stereocenters. The number of rotatable bonds is 5. The Balaban J connectivity index is 0.926. The number of nitriles is 1. The topological polar surface area (TPSA) is 54.3 Å². The first-order chi connectivity index (χ1) is 34.7.